The van der Waals surface area contributed by atoms with Gasteiger partial charge in [-0.1, -0.05) is 29.8 Å². The summed E-state index contributed by atoms with van der Waals surface area (Å²) in [6, 6.07) is 12.7. The van der Waals surface area contributed by atoms with Crippen LogP contribution in [0.5, 0.6) is 0 Å². The van der Waals surface area contributed by atoms with Crippen LogP contribution in [0.2, 0.25) is 0 Å². The molecule has 0 aliphatic rings. The molecular formula is C16H21N3. The lowest BCUT2D eigenvalue weighted by atomic mass is 10.1. The predicted octanol–water partition coefficient (Wildman–Crippen LogP) is 3.06. The Bertz CT molecular complexity index is 520. The van der Waals surface area contributed by atoms with Gasteiger partial charge in [0.15, 0.2) is 0 Å². The number of aryl methyl sites for hydroxylation is 1. The molecule has 0 aliphatic heterocycles. The van der Waals surface area contributed by atoms with Gasteiger partial charge in [-0.15, -0.1) is 0 Å². The van der Waals surface area contributed by atoms with E-state index in [0.29, 0.717) is 0 Å². The average Bonchev–Trinajstić information content (AvgIpc) is 2.41. The molecule has 0 unspecified atom stereocenters. The molecule has 0 spiro atoms. The minimum atomic E-state index is 0.851. The summed E-state index contributed by atoms with van der Waals surface area (Å²) >= 11 is 0. The first-order valence-electron chi connectivity index (χ1n) is 6.54. The molecule has 3 heteroatoms. The largest absolute Gasteiger partial charge is 0.388 e. The van der Waals surface area contributed by atoms with Gasteiger partial charge in [0.1, 0.15) is 0 Å². The first kappa shape index (κ1) is 13.6. The predicted molar refractivity (Wildman–Crippen MR) is 80.1 cm³/mol. The van der Waals surface area contributed by atoms with Gasteiger partial charge in [-0.2, -0.15) is 0 Å². The van der Waals surface area contributed by atoms with Crippen LogP contribution in [0.1, 0.15) is 16.8 Å². The second kappa shape index (κ2) is 6.34. The summed E-state index contributed by atoms with van der Waals surface area (Å²) in [5, 5.41) is 3.14. The van der Waals surface area contributed by atoms with E-state index in [9.17, 15) is 0 Å². The minimum absolute atomic E-state index is 0.851. The van der Waals surface area contributed by atoms with Crippen molar-refractivity contribution in [3.63, 3.8) is 0 Å². The van der Waals surface area contributed by atoms with E-state index in [1.165, 1.54) is 11.1 Å². The molecule has 0 saturated carbocycles. The number of anilines is 1. The molecule has 1 heterocycles. The van der Waals surface area contributed by atoms with E-state index in [2.05, 4.69) is 59.5 Å². The fourth-order valence-corrected chi connectivity index (χ4v) is 2.06. The molecule has 2 rings (SSSR count). The van der Waals surface area contributed by atoms with Crippen LogP contribution in [0.15, 0.2) is 42.6 Å². The lowest BCUT2D eigenvalue weighted by Crippen LogP contribution is -2.18. The number of hydrogen-bond acceptors (Lipinski definition) is 3. The number of pyridine rings is 1. The summed E-state index contributed by atoms with van der Waals surface area (Å²) in [4.78, 5) is 6.67. The monoisotopic (exact) mass is 255 g/mol. The van der Waals surface area contributed by atoms with Gasteiger partial charge in [-0.05, 0) is 31.7 Å². The Labute approximate surface area is 115 Å². The summed E-state index contributed by atoms with van der Waals surface area (Å²) in [5.74, 6) is 0. The van der Waals surface area contributed by atoms with Crippen LogP contribution in [0.25, 0.3) is 0 Å². The van der Waals surface area contributed by atoms with Gasteiger partial charge in [0.05, 0.1) is 5.69 Å². The van der Waals surface area contributed by atoms with Gasteiger partial charge in [0.25, 0.3) is 0 Å². The quantitative estimate of drug-likeness (QED) is 0.890. The van der Waals surface area contributed by atoms with Crippen molar-refractivity contribution in [2.45, 2.75) is 20.0 Å². The van der Waals surface area contributed by atoms with Crippen LogP contribution in [0.4, 0.5) is 5.69 Å². The van der Waals surface area contributed by atoms with Crippen molar-refractivity contribution >= 4 is 5.69 Å². The Morgan fingerprint density at radius 1 is 1.11 bits per heavy atom. The van der Waals surface area contributed by atoms with Crippen LogP contribution in [-0.4, -0.2) is 24.0 Å². The molecule has 3 nitrogen and oxygen atoms in total. The lowest BCUT2D eigenvalue weighted by Gasteiger charge is -2.16. The maximum atomic E-state index is 4.40. The van der Waals surface area contributed by atoms with Gasteiger partial charge >= 0.3 is 0 Å². The van der Waals surface area contributed by atoms with E-state index < -0.39 is 0 Å². The van der Waals surface area contributed by atoms with Gasteiger partial charge in [-0.25, -0.2) is 0 Å². The first-order valence-corrected chi connectivity index (χ1v) is 6.54. The molecule has 2 aromatic rings. The zero-order valence-electron chi connectivity index (χ0n) is 11.9. The Balaban J connectivity index is 1.96. The van der Waals surface area contributed by atoms with Crippen LogP contribution < -0.4 is 5.32 Å². The standard InChI is InChI=1S/C16H21N3/c1-13-4-6-14(7-5-13)11-19(3)12-16-10-15(17-2)8-9-18-16/h4-10H,11-12H2,1-3H3,(H,17,18). The summed E-state index contributed by atoms with van der Waals surface area (Å²) < 4.78 is 0. The highest BCUT2D eigenvalue weighted by Gasteiger charge is 2.03. The molecule has 19 heavy (non-hydrogen) atoms. The van der Waals surface area contributed by atoms with E-state index in [4.69, 9.17) is 0 Å². The SMILES string of the molecule is CNc1ccnc(CN(C)Cc2ccc(C)cc2)c1. The topological polar surface area (TPSA) is 28.2 Å². The number of rotatable bonds is 5. The van der Waals surface area contributed by atoms with Crippen molar-refractivity contribution in [3.8, 4) is 0 Å². The van der Waals surface area contributed by atoms with Crippen molar-refractivity contribution < 1.29 is 0 Å². The molecule has 0 amide bonds. The smallest absolute Gasteiger partial charge is 0.0564 e. The van der Waals surface area contributed by atoms with Gasteiger partial charge in [0.2, 0.25) is 0 Å². The van der Waals surface area contributed by atoms with Crippen LogP contribution in [0.3, 0.4) is 0 Å². The van der Waals surface area contributed by atoms with Crippen LogP contribution >= 0.6 is 0 Å². The van der Waals surface area contributed by atoms with Crippen molar-refractivity contribution in [1.29, 1.82) is 0 Å². The highest BCUT2D eigenvalue weighted by Crippen LogP contribution is 2.11. The Hall–Kier alpha value is -1.87. The van der Waals surface area contributed by atoms with Crippen LogP contribution in [0, 0.1) is 6.92 Å². The third kappa shape index (κ3) is 4.07. The maximum absolute atomic E-state index is 4.40. The number of nitrogens with one attached hydrogen (secondary N) is 1. The summed E-state index contributed by atoms with van der Waals surface area (Å²) in [6.45, 7) is 3.90. The second-order valence-corrected chi connectivity index (χ2v) is 4.94. The molecule has 0 bridgehead atoms. The van der Waals surface area contributed by atoms with Crippen molar-refractivity contribution in [1.82, 2.24) is 9.88 Å². The highest BCUT2D eigenvalue weighted by molar-refractivity contribution is 5.42. The molecule has 0 fully saturated rings. The van der Waals surface area contributed by atoms with Crippen LogP contribution in [-0.2, 0) is 13.1 Å². The summed E-state index contributed by atoms with van der Waals surface area (Å²) in [6.07, 6.45) is 1.85. The second-order valence-electron chi connectivity index (χ2n) is 4.94. The Kier molecular flexibility index (Phi) is 4.53. The fraction of sp³-hybridized carbons (Fsp3) is 0.312. The number of nitrogens with zero attached hydrogens (tertiary/aromatic N) is 2. The molecule has 0 radical (unpaired) electrons. The Morgan fingerprint density at radius 2 is 1.84 bits per heavy atom. The Morgan fingerprint density at radius 3 is 2.53 bits per heavy atom. The zero-order valence-corrected chi connectivity index (χ0v) is 11.9. The minimum Gasteiger partial charge on any atom is -0.388 e. The number of benzene rings is 1. The average molecular weight is 255 g/mol. The molecular weight excluding hydrogens is 234 g/mol. The molecule has 0 atom stereocenters. The molecule has 0 aliphatic carbocycles. The van der Waals surface area contributed by atoms with E-state index >= 15 is 0 Å². The third-order valence-electron chi connectivity index (χ3n) is 3.11. The zero-order chi connectivity index (χ0) is 13.7. The highest BCUT2D eigenvalue weighted by atomic mass is 15.1. The van der Waals surface area contributed by atoms with Crippen molar-refractivity contribution in [2.24, 2.45) is 0 Å². The van der Waals surface area contributed by atoms with Gasteiger partial charge in [-0.3, -0.25) is 9.88 Å². The summed E-state index contributed by atoms with van der Waals surface area (Å²) in [7, 11) is 4.04. The van der Waals surface area contributed by atoms with Gasteiger partial charge in [0, 0.05) is 32.0 Å². The maximum Gasteiger partial charge on any atom is 0.0564 e. The third-order valence-corrected chi connectivity index (χ3v) is 3.11. The number of hydrogen-bond donors (Lipinski definition) is 1. The number of aromatic nitrogens is 1. The van der Waals surface area contributed by atoms with E-state index in [-0.39, 0.29) is 0 Å². The first-order chi connectivity index (χ1) is 9.17. The molecule has 0 saturated heterocycles. The van der Waals surface area contributed by atoms with E-state index in [1.54, 1.807) is 0 Å². The van der Waals surface area contributed by atoms with Crippen molar-refractivity contribution in [3.05, 3.63) is 59.4 Å². The summed E-state index contributed by atoms with van der Waals surface area (Å²) in [5.41, 5.74) is 4.82. The fourth-order valence-electron chi connectivity index (χ4n) is 2.06. The molecule has 1 aromatic heterocycles. The van der Waals surface area contributed by atoms with Gasteiger partial charge < -0.3 is 5.32 Å². The molecule has 100 valence electrons. The van der Waals surface area contributed by atoms with E-state index in [1.807, 2.05) is 19.3 Å². The van der Waals surface area contributed by atoms with E-state index in [0.717, 1.165) is 24.5 Å². The normalized spacial score (nSPS) is 10.7. The molecule has 1 N–H and O–H groups in total. The van der Waals surface area contributed by atoms with Crippen molar-refractivity contribution in [2.75, 3.05) is 19.4 Å². The molecule has 1 aromatic carbocycles. The lowest BCUT2D eigenvalue weighted by molar-refractivity contribution is 0.315.